The Kier molecular flexibility index (Phi) is 6.57. The van der Waals surface area contributed by atoms with Gasteiger partial charge >= 0.3 is 6.03 Å². The van der Waals surface area contributed by atoms with Crippen LogP contribution in [0.2, 0.25) is 5.02 Å². The van der Waals surface area contributed by atoms with Gasteiger partial charge in [-0.15, -0.1) is 0 Å². The molecule has 0 saturated carbocycles. The fourth-order valence-corrected chi connectivity index (χ4v) is 2.79. The molecule has 1 saturated heterocycles. The first-order valence-electron chi connectivity index (χ1n) is 8.71. The zero-order valence-electron chi connectivity index (χ0n) is 15.5. The third-order valence-electron chi connectivity index (χ3n) is 4.10. The molecule has 0 radical (unpaired) electrons. The average Bonchev–Trinajstić information content (AvgIpc) is 2.69. The Morgan fingerprint density at radius 1 is 1.25 bits per heavy atom. The Morgan fingerprint density at radius 2 is 2.11 bits per heavy atom. The van der Waals surface area contributed by atoms with Crippen LogP contribution in [0.1, 0.15) is 18.1 Å². The van der Waals surface area contributed by atoms with Crippen molar-refractivity contribution in [1.29, 1.82) is 0 Å². The topological polar surface area (TPSA) is 96.0 Å². The van der Waals surface area contributed by atoms with Crippen LogP contribution in [0.3, 0.4) is 0 Å². The molecule has 148 valence electrons. The number of halogens is 1. The lowest BCUT2D eigenvalue weighted by atomic mass is 10.2. The number of amides is 2. The van der Waals surface area contributed by atoms with E-state index < -0.39 is 0 Å². The highest BCUT2D eigenvalue weighted by atomic mass is 35.5. The van der Waals surface area contributed by atoms with E-state index in [1.165, 1.54) is 0 Å². The van der Waals surface area contributed by atoms with Crippen molar-refractivity contribution >= 4 is 23.8 Å². The third kappa shape index (κ3) is 5.28. The number of hydrogen-bond acceptors (Lipinski definition) is 6. The summed E-state index contributed by atoms with van der Waals surface area (Å²) in [5.74, 6) is 1.22. The predicted octanol–water partition coefficient (Wildman–Crippen LogP) is 2.38. The number of urea groups is 1. The molecule has 0 bridgehead atoms. The van der Waals surface area contributed by atoms with Crippen molar-refractivity contribution < 1.29 is 14.3 Å². The van der Waals surface area contributed by atoms with E-state index in [4.69, 9.17) is 21.1 Å². The molecule has 0 aliphatic carbocycles. The van der Waals surface area contributed by atoms with E-state index in [9.17, 15) is 4.79 Å². The van der Waals surface area contributed by atoms with Crippen molar-refractivity contribution in [2.24, 2.45) is 5.10 Å². The summed E-state index contributed by atoms with van der Waals surface area (Å²) in [6.45, 7) is 2.29. The molecule has 2 atom stereocenters. The molecule has 4 N–H and O–H groups in total. The van der Waals surface area contributed by atoms with Gasteiger partial charge in [0.05, 0.1) is 19.4 Å². The Balaban J connectivity index is 1.61. The molecule has 9 heteroatoms. The quantitative estimate of drug-likeness (QED) is 0.420. The van der Waals surface area contributed by atoms with Crippen molar-refractivity contribution in [2.75, 3.05) is 7.11 Å². The summed E-state index contributed by atoms with van der Waals surface area (Å²) in [4.78, 5) is 11.3. The van der Waals surface area contributed by atoms with Gasteiger partial charge in [-0.05, 0) is 48.4 Å². The van der Waals surface area contributed by atoms with Crippen LogP contribution in [-0.2, 0) is 6.61 Å². The molecule has 2 aromatic rings. The number of nitrogens with zero attached hydrogens (tertiary/aromatic N) is 1. The Labute approximate surface area is 168 Å². The number of hydrazone groups is 1. The number of ether oxygens (including phenoxy) is 2. The summed E-state index contributed by atoms with van der Waals surface area (Å²) in [6, 6.07) is 12.7. The average molecular weight is 404 g/mol. The van der Waals surface area contributed by atoms with E-state index >= 15 is 0 Å². The first kappa shape index (κ1) is 19.8. The van der Waals surface area contributed by atoms with Crippen molar-refractivity contribution in [3.63, 3.8) is 0 Å². The van der Waals surface area contributed by atoms with Gasteiger partial charge in [0.25, 0.3) is 0 Å². The zero-order valence-corrected chi connectivity index (χ0v) is 16.3. The fourth-order valence-electron chi connectivity index (χ4n) is 2.57. The lowest BCUT2D eigenvalue weighted by Crippen LogP contribution is -2.67. The summed E-state index contributed by atoms with van der Waals surface area (Å²) < 4.78 is 11.3. The van der Waals surface area contributed by atoms with Crippen LogP contribution in [0.15, 0.2) is 47.6 Å². The Morgan fingerprint density at radius 3 is 2.89 bits per heavy atom. The number of benzene rings is 2. The summed E-state index contributed by atoms with van der Waals surface area (Å²) in [5.41, 5.74) is 10.0. The smallest absolute Gasteiger partial charge is 0.330 e. The third-order valence-corrected chi connectivity index (χ3v) is 4.33. The van der Waals surface area contributed by atoms with Crippen LogP contribution >= 0.6 is 11.6 Å². The lowest BCUT2D eigenvalue weighted by molar-refractivity contribution is 0.202. The molecule has 1 aliphatic heterocycles. The van der Waals surface area contributed by atoms with Crippen molar-refractivity contribution in [1.82, 2.24) is 21.6 Å². The summed E-state index contributed by atoms with van der Waals surface area (Å²) in [5, 5.41) is 7.59. The van der Waals surface area contributed by atoms with Gasteiger partial charge in [-0.3, -0.25) is 10.9 Å². The van der Waals surface area contributed by atoms with E-state index in [-0.39, 0.29) is 18.2 Å². The molecule has 3 rings (SSSR count). The molecule has 1 fully saturated rings. The first-order valence-corrected chi connectivity index (χ1v) is 9.09. The normalized spacial score (nSPS) is 19.0. The standard InChI is InChI=1S/C19H22ClN5O3/c1-12-18(22-19(26)25-23-12)24-21-10-13-6-7-16(17(9-13)27-2)28-11-14-4-3-5-15(20)8-14/h3-10,12,18,23-24H,11H2,1-2H3,(H2,22,25,26)/b21-10+. The fraction of sp³-hybridized carbons (Fsp3) is 0.263. The molecule has 0 spiro atoms. The van der Waals surface area contributed by atoms with E-state index in [1.807, 2.05) is 49.4 Å². The summed E-state index contributed by atoms with van der Waals surface area (Å²) >= 11 is 6.00. The molecule has 1 aliphatic rings. The van der Waals surface area contributed by atoms with Gasteiger partial charge in [-0.25, -0.2) is 10.2 Å². The Bertz CT molecular complexity index is 861. The maximum Gasteiger partial charge on any atom is 0.330 e. The van der Waals surface area contributed by atoms with Crippen molar-refractivity contribution in [3.05, 3.63) is 58.6 Å². The maximum absolute atomic E-state index is 11.3. The van der Waals surface area contributed by atoms with Crippen LogP contribution in [0, 0.1) is 0 Å². The number of carbonyl (C=O) groups excluding carboxylic acids is 1. The number of methoxy groups -OCH3 is 1. The predicted molar refractivity (Wildman–Crippen MR) is 108 cm³/mol. The number of hydrazine groups is 1. The van der Waals surface area contributed by atoms with Gasteiger partial charge in [0.15, 0.2) is 11.5 Å². The molecular formula is C19H22ClN5O3. The zero-order chi connectivity index (χ0) is 19.9. The molecule has 2 unspecified atom stereocenters. The minimum Gasteiger partial charge on any atom is -0.493 e. The second-order valence-corrected chi connectivity index (χ2v) is 6.66. The van der Waals surface area contributed by atoms with Gasteiger partial charge < -0.3 is 14.8 Å². The first-order chi connectivity index (χ1) is 13.5. The summed E-state index contributed by atoms with van der Waals surface area (Å²) in [6.07, 6.45) is 1.32. The molecule has 1 heterocycles. The highest BCUT2D eigenvalue weighted by molar-refractivity contribution is 6.30. The number of carbonyl (C=O) groups is 1. The lowest BCUT2D eigenvalue weighted by Gasteiger charge is -2.30. The highest BCUT2D eigenvalue weighted by Crippen LogP contribution is 2.28. The van der Waals surface area contributed by atoms with Crippen molar-refractivity contribution in [2.45, 2.75) is 25.7 Å². The van der Waals surface area contributed by atoms with Gasteiger partial charge in [-0.2, -0.15) is 5.10 Å². The van der Waals surface area contributed by atoms with E-state index in [0.717, 1.165) is 11.1 Å². The minimum atomic E-state index is -0.327. The highest BCUT2D eigenvalue weighted by Gasteiger charge is 2.23. The molecule has 28 heavy (non-hydrogen) atoms. The SMILES string of the molecule is COc1cc(/C=N/NC2NC(=O)NNC2C)ccc1OCc1cccc(Cl)c1. The van der Waals surface area contributed by atoms with Crippen LogP contribution in [-0.4, -0.2) is 31.6 Å². The number of hydrogen-bond donors (Lipinski definition) is 4. The van der Waals surface area contributed by atoms with Gasteiger partial charge in [0.1, 0.15) is 12.8 Å². The molecular weight excluding hydrogens is 382 g/mol. The van der Waals surface area contributed by atoms with Gasteiger partial charge in [0.2, 0.25) is 0 Å². The largest absolute Gasteiger partial charge is 0.493 e. The monoisotopic (exact) mass is 403 g/mol. The van der Waals surface area contributed by atoms with Gasteiger partial charge in [0, 0.05) is 5.02 Å². The van der Waals surface area contributed by atoms with Crippen LogP contribution in [0.4, 0.5) is 4.79 Å². The molecule has 2 aromatic carbocycles. The van der Waals surface area contributed by atoms with Gasteiger partial charge in [-0.1, -0.05) is 23.7 Å². The second kappa shape index (κ2) is 9.29. The maximum atomic E-state index is 11.3. The summed E-state index contributed by atoms with van der Waals surface area (Å²) in [7, 11) is 1.58. The van der Waals surface area contributed by atoms with Crippen molar-refractivity contribution in [3.8, 4) is 11.5 Å². The molecule has 2 amide bonds. The van der Waals surface area contributed by atoms with Crippen LogP contribution in [0.5, 0.6) is 11.5 Å². The molecule has 8 nitrogen and oxygen atoms in total. The minimum absolute atomic E-state index is 0.0355. The van der Waals surface area contributed by atoms with Crippen LogP contribution < -0.4 is 31.1 Å². The number of nitrogens with one attached hydrogen (secondary N) is 4. The Hall–Kier alpha value is -2.97. The van der Waals surface area contributed by atoms with Crippen LogP contribution in [0.25, 0.3) is 0 Å². The van der Waals surface area contributed by atoms with E-state index in [0.29, 0.717) is 23.1 Å². The number of rotatable bonds is 7. The van der Waals surface area contributed by atoms with E-state index in [2.05, 4.69) is 26.7 Å². The second-order valence-electron chi connectivity index (χ2n) is 6.23. The van der Waals surface area contributed by atoms with E-state index in [1.54, 1.807) is 13.3 Å². The molecule has 0 aromatic heterocycles.